The number of hydrogen-bond donors (Lipinski definition) is 1. The normalized spacial score (nSPS) is 13.1. The highest BCUT2D eigenvalue weighted by atomic mass is 32.2. The van der Waals surface area contributed by atoms with Crippen molar-refractivity contribution >= 4 is 39.2 Å². The lowest BCUT2D eigenvalue weighted by Crippen LogP contribution is -2.33. The van der Waals surface area contributed by atoms with E-state index in [4.69, 9.17) is 0 Å². The monoisotopic (exact) mass is 385 g/mol. The Bertz CT molecular complexity index is 995. The first-order chi connectivity index (χ1) is 12.7. The number of nitrogens with zero attached hydrogens (tertiary/aromatic N) is 2. The van der Waals surface area contributed by atoms with Gasteiger partial charge in [-0.05, 0) is 37.0 Å². The lowest BCUT2D eigenvalue weighted by molar-refractivity contribution is -0.121. The number of fused-ring (bicyclic) bond motifs is 3. The second kappa shape index (κ2) is 7.63. The highest BCUT2D eigenvalue weighted by Gasteiger charge is 2.21. The van der Waals surface area contributed by atoms with Crippen molar-refractivity contribution in [3.05, 3.63) is 57.5 Å². The van der Waals surface area contributed by atoms with Gasteiger partial charge in [0, 0.05) is 22.1 Å². The van der Waals surface area contributed by atoms with Crippen molar-refractivity contribution in [1.82, 2.24) is 14.9 Å². The second-order valence-electron chi connectivity index (χ2n) is 6.23. The minimum Gasteiger partial charge on any atom is -0.354 e. The van der Waals surface area contributed by atoms with Gasteiger partial charge < -0.3 is 5.32 Å². The molecular weight excluding hydrogens is 366 g/mol. The first kappa shape index (κ1) is 17.3. The van der Waals surface area contributed by atoms with Gasteiger partial charge in [-0.1, -0.05) is 18.2 Å². The molecule has 0 bridgehead atoms. The summed E-state index contributed by atoms with van der Waals surface area (Å²) >= 11 is 3.31. The van der Waals surface area contributed by atoms with Crippen molar-refractivity contribution in [2.24, 2.45) is 0 Å². The molecule has 1 aliphatic carbocycles. The maximum absolute atomic E-state index is 12.7. The number of aryl methyl sites for hydroxylation is 2. The Morgan fingerprint density at radius 1 is 1.27 bits per heavy atom. The summed E-state index contributed by atoms with van der Waals surface area (Å²) in [6, 6.07) is 10.1. The molecule has 5 nitrogen and oxygen atoms in total. The number of carbonyl (C=O) groups is 1. The van der Waals surface area contributed by atoms with Crippen LogP contribution >= 0.6 is 23.1 Å². The van der Waals surface area contributed by atoms with E-state index in [1.807, 2.05) is 30.3 Å². The number of carbonyl (C=O) groups excluding carboxylic acids is 1. The average Bonchev–Trinajstić information content (AvgIpc) is 3.23. The van der Waals surface area contributed by atoms with Gasteiger partial charge in [-0.3, -0.25) is 14.2 Å². The summed E-state index contributed by atoms with van der Waals surface area (Å²) in [5, 5.41) is 3.60. The van der Waals surface area contributed by atoms with Crippen LogP contribution in [0.4, 0.5) is 0 Å². The summed E-state index contributed by atoms with van der Waals surface area (Å²) in [6.07, 6.45) is 4.58. The maximum Gasteiger partial charge on any atom is 0.262 e. The fraction of sp³-hybridized carbons (Fsp3) is 0.316. The summed E-state index contributed by atoms with van der Waals surface area (Å²) in [6.45, 7) is 0.582. The molecule has 2 aromatic heterocycles. The summed E-state index contributed by atoms with van der Waals surface area (Å²) in [4.78, 5) is 32.6. The predicted octanol–water partition coefficient (Wildman–Crippen LogP) is 2.86. The zero-order valence-electron chi connectivity index (χ0n) is 14.2. The van der Waals surface area contributed by atoms with Gasteiger partial charge in [-0.25, -0.2) is 4.98 Å². The number of hydrogen-bond acceptors (Lipinski definition) is 5. The number of nitrogens with one attached hydrogen (secondary N) is 1. The molecule has 1 aromatic carbocycles. The van der Waals surface area contributed by atoms with Gasteiger partial charge in [0.15, 0.2) is 0 Å². The number of thioether (sulfide) groups is 1. The third-order valence-corrected chi connectivity index (χ3v) is 6.66. The summed E-state index contributed by atoms with van der Waals surface area (Å²) in [5.41, 5.74) is 1.06. The van der Waals surface area contributed by atoms with E-state index in [9.17, 15) is 9.59 Å². The van der Waals surface area contributed by atoms with Crippen molar-refractivity contribution in [3.63, 3.8) is 0 Å². The van der Waals surface area contributed by atoms with E-state index in [1.165, 1.54) is 20.7 Å². The van der Waals surface area contributed by atoms with Crippen LogP contribution in [0.2, 0.25) is 0 Å². The van der Waals surface area contributed by atoms with Gasteiger partial charge in [-0.2, -0.15) is 0 Å². The van der Waals surface area contributed by atoms with E-state index in [0.29, 0.717) is 6.54 Å². The van der Waals surface area contributed by atoms with Crippen LogP contribution < -0.4 is 10.9 Å². The fourth-order valence-electron chi connectivity index (χ4n) is 3.22. The van der Waals surface area contributed by atoms with Crippen molar-refractivity contribution in [3.8, 4) is 0 Å². The quantitative estimate of drug-likeness (QED) is 0.523. The minimum absolute atomic E-state index is 0.0163. The van der Waals surface area contributed by atoms with Crippen LogP contribution in [0, 0.1) is 0 Å². The highest BCUT2D eigenvalue weighted by Crippen LogP contribution is 2.34. The van der Waals surface area contributed by atoms with Crippen LogP contribution in [0.25, 0.3) is 10.2 Å². The molecule has 1 amide bonds. The largest absolute Gasteiger partial charge is 0.354 e. The molecule has 0 saturated carbocycles. The molecule has 0 unspecified atom stereocenters. The van der Waals surface area contributed by atoms with Crippen molar-refractivity contribution < 1.29 is 4.79 Å². The average molecular weight is 386 g/mol. The van der Waals surface area contributed by atoms with Gasteiger partial charge in [0.1, 0.15) is 11.4 Å². The maximum atomic E-state index is 12.7. The first-order valence-electron chi connectivity index (χ1n) is 8.66. The molecule has 1 aliphatic rings. The molecule has 26 heavy (non-hydrogen) atoms. The van der Waals surface area contributed by atoms with Crippen LogP contribution in [0.1, 0.15) is 16.9 Å². The van der Waals surface area contributed by atoms with E-state index >= 15 is 0 Å². The third-order valence-electron chi connectivity index (χ3n) is 4.44. The predicted molar refractivity (Wildman–Crippen MR) is 106 cm³/mol. The number of benzene rings is 1. The molecule has 0 radical (unpaired) electrons. The van der Waals surface area contributed by atoms with Crippen LogP contribution in [-0.4, -0.2) is 27.8 Å². The van der Waals surface area contributed by atoms with Crippen molar-refractivity contribution in [2.45, 2.75) is 30.7 Å². The van der Waals surface area contributed by atoms with Crippen LogP contribution in [-0.2, 0) is 24.2 Å². The van der Waals surface area contributed by atoms with E-state index in [1.54, 1.807) is 23.1 Å². The Kier molecular flexibility index (Phi) is 5.08. The molecule has 1 N–H and O–H groups in total. The Hall–Kier alpha value is -2.12. The molecule has 134 valence electrons. The summed E-state index contributed by atoms with van der Waals surface area (Å²) in [5.74, 6) is 0.633. The lowest BCUT2D eigenvalue weighted by Gasteiger charge is -2.07. The second-order valence-corrected chi connectivity index (χ2v) is 8.48. The van der Waals surface area contributed by atoms with E-state index in [0.717, 1.165) is 40.8 Å². The van der Waals surface area contributed by atoms with Gasteiger partial charge in [-0.15, -0.1) is 23.1 Å². The van der Waals surface area contributed by atoms with Gasteiger partial charge in [0.2, 0.25) is 5.91 Å². The van der Waals surface area contributed by atoms with E-state index < -0.39 is 0 Å². The van der Waals surface area contributed by atoms with E-state index in [-0.39, 0.29) is 18.0 Å². The van der Waals surface area contributed by atoms with Gasteiger partial charge in [0.25, 0.3) is 5.56 Å². The number of thiophene rings is 1. The highest BCUT2D eigenvalue weighted by molar-refractivity contribution is 7.99. The molecule has 7 heteroatoms. The number of aromatic nitrogens is 2. The number of rotatable bonds is 6. The third kappa shape index (κ3) is 3.54. The van der Waals surface area contributed by atoms with Crippen LogP contribution in [0.15, 0.2) is 46.3 Å². The minimum atomic E-state index is -0.159. The molecule has 2 heterocycles. The zero-order chi connectivity index (χ0) is 17.9. The SMILES string of the molecule is O=C(Cn1cnc2sc3c(c2c1=O)CCC3)NCCSc1ccccc1. The molecular formula is C19H19N3O2S2. The number of amides is 1. The van der Waals surface area contributed by atoms with Gasteiger partial charge in [0.05, 0.1) is 11.7 Å². The topological polar surface area (TPSA) is 64.0 Å². The molecule has 0 fully saturated rings. The van der Waals surface area contributed by atoms with Crippen LogP contribution in [0.5, 0.6) is 0 Å². The van der Waals surface area contributed by atoms with Crippen molar-refractivity contribution in [2.75, 3.05) is 12.3 Å². The smallest absolute Gasteiger partial charge is 0.262 e. The molecule has 0 aliphatic heterocycles. The summed E-state index contributed by atoms with van der Waals surface area (Å²) < 4.78 is 1.42. The molecule has 0 atom stereocenters. The zero-order valence-corrected chi connectivity index (χ0v) is 15.9. The van der Waals surface area contributed by atoms with E-state index in [2.05, 4.69) is 10.3 Å². The Morgan fingerprint density at radius 2 is 2.12 bits per heavy atom. The lowest BCUT2D eigenvalue weighted by atomic mass is 10.2. The Balaban J connectivity index is 1.37. The molecule has 0 saturated heterocycles. The fourth-order valence-corrected chi connectivity index (χ4v) is 5.23. The first-order valence-corrected chi connectivity index (χ1v) is 10.5. The molecule has 3 aromatic rings. The van der Waals surface area contributed by atoms with Gasteiger partial charge >= 0.3 is 0 Å². The van der Waals surface area contributed by atoms with Crippen LogP contribution in [0.3, 0.4) is 0 Å². The Labute approximate surface area is 159 Å². The molecule has 0 spiro atoms. The van der Waals surface area contributed by atoms with Crippen molar-refractivity contribution in [1.29, 1.82) is 0 Å². The summed E-state index contributed by atoms with van der Waals surface area (Å²) in [7, 11) is 0. The molecule has 4 rings (SSSR count). The standard InChI is InChI=1S/C19H19N3O2S2/c23-16(20-9-10-25-13-5-2-1-3-6-13)11-22-12-21-18-17(19(22)24)14-7-4-8-15(14)26-18/h1-3,5-6,12H,4,7-11H2,(H,20,23). The Morgan fingerprint density at radius 3 is 2.96 bits per heavy atom.